The molecule has 0 aliphatic rings. The van der Waals surface area contributed by atoms with Crippen molar-refractivity contribution in [2.45, 2.75) is 245 Å². The third-order valence-corrected chi connectivity index (χ3v) is 11.3. The van der Waals surface area contributed by atoms with E-state index in [0.29, 0.717) is 6.42 Å². The molecule has 1 unspecified atom stereocenters. The lowest BCUT2D eigenvalue weighted by Gasteiger charge is -2.19. The van der Waals surface area contributed by atoms with Crippen molar-refractivity contribution in [1.82, 2.24) is 0 Å². The van der Waals surface area contributed by atoms with Crippen LogP contribution in [0.4, 0.5) is 0 Å². The summed E-state index contributed by atoms with van der Waals surface area (Å²) in [6.45, 7) is 4.29. The van der Waals surface area contributed by atoms with Crippen LogP contribution in [0.25, 0.3) is 0 Å². The fourth-order valence-corrected chi connectivity index (χ4v) is 7.61. The summed E-state index contributed by atoms with van der Waals surface area (Å²) in [5.74, 6) is -0.346. The van der Waals surface area contributed by atoms with Crippen molar-refractivity contribution in [3.05, 3.63) is 12.3 Å². The van der Waals surface area contributed by atoms with Crippen molar-refractivity contribution in [3.8, 4) is 0 Å². The fraction of sp³-hybridized carbons (Fsp3) is 0.933. The Morgan fingerprint density at radius 3 is 1.31 bits per heavy atom. The van der Waals surface area contributed by atoms with Gasteiger partial charge in [-0.05, 0) is 25.3 Å². The average Bonchev–Trinajstić information content (AvgIpc) is 3.16. The molecule has 2 atom stereocenters. The second-order valence-electron chi connectivity index (χ2n) is 15.7. The Bertz CT molecular complexity index is 843. The van der Waals surface area contributed by atoms with Crippen LogP contribution < -0.4 is 5.73 Å². The van der Waals surface area contributed by atoms with Crippen LogP contribution in [0.15, 0.2) is 12.3 Å². The number of phosphoric ester groups is 1. The lowest BCUT2D eigenvalue weighted by atomic mass is 10.0. The molecule has 9 heteroatoms. The highest BCUT2D eigenvalue weighted by Crippen LogP contribution is 2.43. The van der Waals surface area contributed by atoms with Gasteiger partial charge in [-0.15, -0.1) is 0 Å². The average molecular weight is 788 g/mol. The first-order chi connectivity index (χ1) is 26.4. The summed E-state index contributed by atoms with van der Waals surface area (Å²) in [5, 5.41) is 0. The van der Waals surface area contributed by atoms with Gasteiger partial charge in [0.25, 0.3) is 0 Å². The first-order valence-electron chi connectivity index (χ1n) is 23.2. The van der Waals surface area contributed by atoms with Gasteiger partial charge in [-0.1, -0.05) is 213 Å². The maximum Gasteiger partial charge on any atom is 0.472 e. The molecule has 0 aromatic heterocycles. The highest BCUT2D eigenvalue weighted by atomic mass is 31.2. The van der Waals surface area contributed by atoms with Crippen molar-refractivity contribution in [3.63, 3.8) is 0 Å². The molecule has 0 rings (SSSR count). The quantitative estimate of drug-likeness (QED) is 0.0271. The van der Waals surface area contributed by atoms with Crippen LogP contribution in [0.2, 0.25) is 0 Å². The minimum absolute atomic E-state index is 0.0386. The minimum atomic E-state index is -4.29. The Morgan fingerprint density at radius 2 is 0.926 bits per heavy atom. The fourth-order valence-electron chi connectivity index (χ4n) is 6.85. The number of hydrogen-bond donors (Lipinski definition) is 2. The van der Waals surface area contributed by atoms with Crippen LogP contribution in [0.3, 0.4) is 0 Å². The van der Waals surface area contributed by atoms with Gasteiger partial charge in [0.05, 0.1) is 19.5 Å². The molecular formula is C45H90NO7P. The number of allylic oxidation sites excluding steroid dienone is 1. The zero-order valence-electron chi connectivity index (χ0n) is 35.7. The molecule has 0 spiro atoms. The standard InChI is InChI=1S/C45H90NO7P/c1-3-5-7-9-11-13-15-17-19-20-21-22-23-24-25-26-28-30-32-34-36-38-45(47)53-44(43-52-54(48,49)51-41-39-46)42-50-40-37-35-33-31-29-27-18-16-14-12-10-8-6-4-2/h37,40,44H,3-36,38-39,41-43,46H2,1-2H3,(H,48,49)/b40-37-/t44-/m1/s1. The van der Waals surface area contributed by atoms with E-state index in [4.69, 9.17) is 24.3 Å². The predicted molar refractivity (Wildman–Crippen MR) is 229 cm³/mol. The van der Waals surface area contributed by atoms with E-state index >= 15 is 0 Å². The minimum Gasteiger partial charge on any atom is -0.498 e. The SMILES string of the molecule is CCCCCCCCCCCCCC/C=C\OC[C@H](COP(=O)(O)OCCN)OC(=O)CCCCCCCCCCCCCCCCCCCCCCC. The van der Waals surface area contributed by atoms with E-state index in [0.717, 1.165) is 32.1 Å². The maximum atomic E-state index is 12.6. The van der Waals surface area contributed by atoms with Crippen LogP contribution in [0.1, 0.15) is 239 Å². The van der Waals surface area contributed by atoms with Gasteiger partial charge in [0, 0.05) is 13.0 Å². The molecule has 0 fully saturated rings. The topological polar surface area (TPSA) is 117 Å². The molecule has 0 amide bonds. The first-order valence-corrected chi connectivity index (χ1v) is 24.7. The van der Waals surface area contributed by atoms with Crippen LogP contribution >= 0.6 is 7.82 Å². The van der Waals surface area contributed by atoms with Crippen LogP contribution in [-0.4, -0.2) is 43.3 Å². The van der Waals surface area contributed by atoms with Gasteiger partial charge in [0.2, 0.25) is 0 Å². The molecule has 322 valence electrons. The van der Waals surface area contributed by atoms with E-state index in [2.05, 4.69) is 13.8 Å². The number of nitrogens with two attached hydrogens (primary N) is 1. The summed E-state index contributed by atoms with van der Waals surface area (Å²) in [4.78, 5) is 22.5. The van der Waals surface area contributed by atoms with Gasteiger partial charge in [-0.25, -0.2) is 4.57 Å². The highest BCUT2D eigenvalue weighted by molar-refractivity contribution is 7.47. The Balaban J connectivity index is 3.96. The zero-order valence-corrected chi connectivity index (χ0v) is 36.6. The Hall–Kier alpha value is -0.920. The zero-order chi connectivity index (χ0) is 39.5. The van der Waals surface area contributed by atoms with Crippen molar-refractivity contribution in [2.75, 3.05) is 26.4 Å². The summed E-state index contributed by atoms with van der Waals surface area (Å²) >= 11 is 0. The molecule has 0 aliphatic carbocycles. The molecule has 0 aromatic carbocycles. The monoisotopic (exact) mass is 788 g/mol. The molecule has 0 bridgehead atoms. The lowest BCUT2D eigenvalue weighted by molar-refractivity contribution is -0.153. The number of carbonyl (C=O) groups is 1. The third kappa shape index (κ3) is 42.2. The molecular weight excluding hydrogens is 697 g/mol. The second-order valence-corrected chi connectivity index (χ2v) is 17.2. The predicted octanol–water partition coefficient (Wildman–Crippen LogP) is 14.2. The number of carbonyl (C=O) groups excluding carboxylic acids is 1. The molecule has 0 radical (unpaired) electrons. The molecule has 0 aliphatic heterocycles. The van der Waals surface area contributed by atoms with Gasteiger partial charge in [-0.2, -0.15) is 0 Å². The number of phosphoric acid groups is 1. The van der Waals surface area contributed by atoms with E-state index in [-0.39, 0.29) is 32.3 Å². The molecule has 0 saturated carbocycles. The van der Waals surface area contributed by atoms with Crippen LogP contribution in [-0.2, 0) is 27.9 Å². The molecule has 3 N–H and O–H groups in total. The smallest absolute Gasteiger partial charge is 0.472 e. The third-order valence-electron chi connectivity index (χ3n) is 10.3. The van der Waals surface area contributed by atoms with E-state index in [1.807, 2.05) is 6.08 Å². The summed E-state index contributed by atoms with van der Waals surface area (Å²) in [7, 11) is -4.29. The van der Waals surface area contributed by atoms with Crippen molar-refractivity contribution in [1.29, 1.82) is 0 Å². The van der Waals surface area contributed by atoms with Crippen molar-refractivity contribution in [2.24, 2.45) is 5.73 Å². The summed E-state index contributed by atoms with van der Waals surface area (Å²) in [6.07, 6.45) is 47.6. The maximum absolute atomic E-state index is 12.6. The Kier molecular flexibility index (Phi) is 42.5. The van der Waals surface area contributed by atoms with Crippen molar-refractivity contribution >= 4 is 13.8 Å². The van der Waals surface area contributed by atoms with Crippen LogP contribution in [0, 0.1) is 0 Å². The van der Waals surface area contributed by atoms with E-state index < -0.39 is 13.9 Å². The number of hydrogen-bond acceptors (Lipinski definition) is 7. The van der Waals surface area contributed by atoms with Gasteiger partial charge >= 0.3 is 13.8 Å². The Morgan fingerprint density at radius 1 is 0.556 bits per heavy atom. The van der Waals surface area contributed by atoms with Crippen molar-refractivity contribution < 1.29 is 32.8 Å². The second kappa shape index (κ2) is 43.2. The van der Waals surface area contributed by atoms with Gasteiger partial charge < -0.3 is 20.1 Å². The van der Waals surface area contributed by atoms with Gasteiger partial charge in [0.15, 0.2) is 6.10 Å². The molecule has 54 heavy (non-hydrogen) atoms. The molecule has 0 aromatic rings. The molecule has 8 nitrogen and oxygen atoms in total. The van der Waals surface area contributed by atoms with Gasteiger partial charge in [0.1, 0.15) is 6.61 Å². The Labute approximate surface area is 334 Å². The van der Waals surface area contributed by atoms with E-state index in [1.165, 1.54) is 186 Å². The number of unbranched alkanes of at least 4 members (excludes halogenated alkanes) is 32. The summed E-state index contributed by atoms with van der Waals surface area (Å²) < 4.78 is 33.2. The number of ether oxygens (including phenoxy) is 2. The normalized spacial score (nSPS) is 13.4. The summed E-state index contributed by atoms with van der Waals surface area (Å²) in [6, 6.07) is 0. The first kappa shape index (κ1) is 53.1. The molecule has 0 heterocycles. The highest BCUT2D eigenvalue weighted by Gasteiger charge is 2.25. The van der Waals surface area contributed by atoms with Gasteiger partial charge in [-0.3, -0.25) is 13.8 Å². The van der Waals surface area contributed by atoms with E-state index in [9.17, 15) is 14.3 Å². The number of rotatable bonds is 45. The van der Waals surface area contributed by atoms with Crippen LogP contribution in [0.5, 0.6) is 0 Å². The largest absolute Gasteiger partial charge is 0.498 e. The molecule has 0 saturated heterocycles. The summed E-state index contributed by atoms with van der Waals surface area (Å²) in [5.41, 5.74) is 5.37. The number of esters is 1. The lowest BCUT2D eigenvalue weighted by Crippen LogP contribution is -2.27. The van der Waals surface area contributed by atoms with E-state index in [1.54, 1.807) is 6.26 Å².